The molecule has 0 saturated heterocycles. The van der Waals surface area contributed by atoms with E-state index < -0.39 is 15.9 Å². The Morgan fingerprint density at radius 2 is 1.52 bits per heavy atom. The van der Waals surface area contributed by atoms with E-state index in [4.69, 9.17) is 10.5 Å². The third-order valence-electron chi connectivity index (χ3n) is 3.85. The molecule has 0 bridgehead atoms. The number of amides is 1. The molecule has 0 aliphatic heterocycles. The maximum Gasteiger partial charge on any atom is 0.248 e. The van der Waals surface area contributed by atoms with Gasteiger partial charge in [0.2, 0.25) is 15.9 Å². The molecule has 0 spiro atoms. The molecule has 3 rings (SSSR count). The van der Waals surface area contributed by atoms with Gasteiger partial charge in [0.1, 0.15) is 11.5 Å². The SMILES string of the molecule is NC(=O)c1ccc(S(=O)(=O)NCc2ccccc2Oc2ccccc2)cc1. The highest BCUT2D eigenvalue weighted by Crippen LogP contribution is 2.25. The third-order valence-corrected chi connectivity index (χ3v) is 5.26. The number of carbonyl (C=O) groups is 1. The Bertz CT molecular complexity index is 1030. The highest BCUT2D eigenvalue weighted by atomic mass is 32.2. The number of nitrogens with two attached hydrogens (primary N) is 1. The predicted octanol–water partition coefficient (Wildman–Crippen LogP) is 3.06. The van der Waals surface area contributed by atoms with Crippen molar-refractivity contribution in [2.75, 3.05) is 0 Å². The minimum atomic E-state index is -3.75. The summed E-state index contributed by atoms with van der Waals surface area (Å²) in [5.41, 5.74) is 6.11. The highest BCUT2D eigenvalue weighted by molar-refractivity contribution is 7.89. The van der Waals surface area contributed by atoms with E-state index in [2.05, 4.69) is 4.72 Å². The van der Waals surface area contributed by atoms with Crippen molar-refractivity contribution in [1.29, 1.82) is 0 Å². The maximum atomic E-state index is 12.5. The summed E-state index contributed by atoms with van der Waals surface area (Å²) in [6.07, 6.45) is 0. The number of hydrogen-bond acceptors (Lipinski definition) is 4. The molecule has 0 aromatic heterocycles. The van der Waals surface area contributed by atoms with Gasteiger partial charge in [-0.1, -0.05) is 36.4 Å². The number of rotatable bonds is 7. The second kappa shape index (κ2) is 8.03. The Balaban J connectivity index is 1.75. The molecule has 0 unspecified atom stereocenters. The van der Waals surface area contributed by atoms with Gasteiger partial charge in [0, 0.05) is 17.7 Å². The Morgan fingerprint density at radius 1 is 0.889 bits per heavy atom. The van der Waals surface area contributed by atoms with E-state index in [1.807, 2.05) is 42.5 Å². The van der Waals surface area contributed by atoms with Gasteiger partial charge in [-0.2, -0.15) is 0 Å². The van der Waals surface area contributed by atoms with Crippen LogP contribution in [0.3, 0.4) is 0 Å². The first-order valence-corrected chi connectivity index (χ1v) is 9.64. The van der Waals surface area contributed by atoms with Gasteiger partial charge < -0.3 is 10.5 Å². The monoisotopic (exact) mass is 382 g/mol. The molecule has 0 saturated carbocycles. The van der Waals surface area contributed by atoms with Crippen LogP contribution in [0.1, 0.15) is 15.9 Å². The summed E-state index contributed by atoms with van der Waals surface area (Å²) in [4.78, 5) is 11.2. The lowest BCUT2D eigenvalue weighted by atomic mass is 10.2. The van der Waals surface area contributed by atoms with Gasteiger partial charge in [-0.3, -0.25) is 4.79 Å². The average molecular weight is 382 g/mol. The van der Waals surface area contributed by atoms with E-state index in [1.165, 1.54) is 24.3 Å². The van der Waals surface area contributed by atoms with Gasteiger partial charge >= 0.3 is 0 Å². The van der Waals surface area contributed by atoms with Crippen molar-refractivity contribution < 1.29 is 17.9 Å². The third kappa shape index (κ3) is 4.72. The number of para-hydroxylation sites is 2. The molecule has 3 N–H and O–H groups in total. The average Bonchev–Trinajstić information content (AvgIpc) is 2.68. The van der Waals surface area contributed by atoms with E-state index in [-0.39, 0.29) is 17.0 Å². The van der Waals surface area contributed by atoms with Gasteiger partial charge in [-0.25, -0.2) is 13.1 Å². The number of primary amides is 1. The molecule has 0 atom stereocenters. The van der Waals surface area contributed by atoms with Crippen LogP contribution in [0, 0.1) is 0 Å². The Morgan fingerprint density at radius 3 is 2.19 bits per heavy atom. The summed E-state index contributed by atoms with van der Waals surface area (Å²) in [6, 6.07) is 21.9. The molecule has 0 aliphatic carbocycles. The fourth-order valence-electron chi connectivity index (χ4n) is 2.42. The van der Waals surface area contributed by atoms with Crippen molar-refractivity contribution >= 4 is 15.9 Å². The van der Waals surface area contributed by atoms with Crippen LogP contribution in [0.15, 0.2) is 83.8 Å². The van der Waals surface area contributed by atoms with E-state index in [9.17, 15) is 13.2 Å². The standard InChI is InChI=1S/C20H18N2O4S/c21-20(23)15-10-12-18(13-11-15)27(24,25)22-14-16-6-4-5-9-19(16)26-17-7-2-1-3-8-17/h1-13,22H,14H2,(H2,21,23). The first-order valence-electron chi connectivity index (χ1n) is 8.16. The van der Waals surface area contributed by atoms with E-state index in [0.717, 1.165) is 0 Å². The number of sulfonamides is 1. The summed E-state index contributed by atoms with van der Waals surface area (Å²) in [5, 5.41) is 0. The molecular weight excluding hydrogens is 364 g/mol. The summed E-state index contributed by atoms with van der Waals surface area (Å²) in [7, 11) is -3.75. The lowest BCUT2D eigenvalue weighted by Gasteiger charge is -2.12. The molecule has 138 valence electrons. The highest BCUT2D eigenvalue weighted by Gasteiger charge is 2.15. The fourth-order valence-corrected chi connectivity index (χ4v) is 3.43. The molecule has 0 fully saturated rings. The second-order valence-corrected chi connectivity index (χ2v) is 7.50. The lowest BCUT2D eigenvalue weighted by molar-refractivity contribution is 0.1000. The predicted molar refractivity (Wildman–Crippen MR) is 102 cm³/mol. The molecule has 3 aromatic carbocycles. The Labute approximate surface area is 157 Å². The van der Waals surface area contributed by atoms with Gasteiger partial charge in [-0.05, 0) is 42.5 Å². The van der Waals surface area contributed by atoms with Crippen LogP contribution in [-0.4, -0.2) is 14.3 Å². The number of benzene rings is 3. The largest absolute Gasteiger partial charge is 0.457 e. The first-order chi connectivity index (χ1) is 13.0. The molecular formula is C20H18N2O4S. The Hall–Kier alpha value is -3.16. The van der Waals surface area contributed by atoms with Crippen molar-refractivity contribution in [2.45, 2.75) is 11.4 Å². The van der Waals surface area contributed by atoms with Crippen LogP contribution in [0.5, 0.6) is 11.5 Å². The molecule has 27 heavy (non-hydrogen) atoms. The lowest BCUT2D eigenvalue weighted by Crippen LogP contribution is -2.23. The summed E-state index contributed by atoms with van der Waals surface area (Å²) in [5.74, 6) is 0.615. The number of carbonyl (C=O) groups excluding carboxylic acids is 1. The van der Waals surface area contributed by atoms with Crippen molar-refractivity contribution in [2.24, 2.45) is 5.73 Å². The summed E-state index contributed by atoms with van der Waals surface area (Å²) >= 11 is 0. The second-order valence-electron chi connectivity index (χ2n) is 5.74. The zero-order chi connectivity index (χ0) is 19.3. The van der Waals surface area contributed by atoms with Crippen LogP contribution in [-0.2, 0) is 16.6 Å². The van der Waals surface area contributed by atoms with Crippen molar-refractivity contribution in [3.63, 3.8) is 0 Å². The zero-order valence-corrected chi connectivity index (χ0v) is 15.1. The minimum Gasteiger partial charge on any atom is -0.457 e. The smallest absolute Gasteiger partial charge is 0.248 e. The summed E-state index contributed by atoms with van der Waals surface area (Å²) < 4.78 is 33.4. The molecule has 1 amide bonds. The molecule has 0 radical (unpaired) electrons. The van der Waals surface area contributed by atoms with Gasteiger partial charge in [0.15, 0.2) is 0 Å². The number of hydrogen-bond donors (Lipinski definition) is 2. The Kier molecular flexibility index (Phi) is 5.54. The molecule has 7 heteroatoms. The topological polar surface area (TPSA) is 98.5 Å². The van der Waals surface area contributed by atoms with Gasteiger partial charge in [0.05, 0.1) is 4.90 Å². The normalized spacial score (nSPS) is 11.1. The van der Waals surface area contributed by atoms with Crippen LogP contribution in [0.2, 0.25) is 0 Å². The summed E-state index contributed by atoms with van der Waals surface area (Å²) in [6.45, 7) is 0.0584. The molecule has 3 aromatic rings. The van der Waals surface area contributed by atoms with E-state index in [1.54, 1.807) is 12.1 Å². The van der Waals surface area contributed by atoms with Crippen LogP contribution >= 0.6 is 0 Å². The number of ether oxygens (including phenoxy) is 1. The van der Waals surface area contributed by atoms with Gasteiger partial charge in [0.25, 0.3) is 0 Å². The van der Waals surface area contributed by atoms with Crippen LogP contribution < -0.4 is 15.2 Å². The van der Waals surface area contributed by atoms with Crippen molar-refractivity contribution in [1.82, 2.24) is 4.72 Å². The van der Waals surface area contributed by atoms with E-state index >= 15 is 0 Å². The maximum absolute atomic E-state index is 12.5. The zero-order valence-electron chi connectivity index (χ0n) is 14.3. The molecule has 6 nitrogen and oxygen atoms in total. The van der Waals surface area contributed by atoms with Crippen molar-refractivity contribution in [3.05, 3.63) is 90.0 Å². The minimum absolute atomic E-state index is 0.0500. The van der Waals surface area contributed by atoms with Crippen LogP contribution in [0.25, 0.3) is 0 Å². The van der Waals surface area contributed by atoms with E-state index in [0.29, 0.717) is 17.1 Å². The first kappa shape index (κ1) is 18.6. The molecule has 0 aliphatic rings. The van der Waals surface area contributed by atoms with Gasteiger partial charge in [-0.15, -0.1) is 0 Å². The van der Waals surface area contributed by atoms with Crippen molar-refractivity contribution in [3.8, 4) is 11.5 Å². The van der Waals surface area contributed by atoms with Crippen LogP contribution in [0.4, 0.5) is 0 Å². The molecule has 0 heterocycles. The number of nitrogens with one attached hydrogen (secondary N) is 1. The quantitative estimate of drug-likeness (QED) is 0.656. The fraction of sp³-hybridized carbons (Fsp3) is 0.0500.